The van der Waals surface area contributed by atoms with Gasteiger partial charge in [-0.1, -0.05) is 0 Å². The summed E-state index contributed by atoms with van der Waals surface area (Å²) < 4.78 is 47.8. The summed E-state index contributed by atoms with van der Waals surface area (Å²) >= 11 is 0. The highest BCUT2D eigenvalue weighted by molar-refractivity contribution is 5.73. The first-order valence-corrected chi connectivity index (χ1v) is 5.59. The highest BCUT2D eigenvalue weighted by Crippen LogP contribution is 2.37. The Kier molecular flexibility index (Phi) is 3.78. The van der Waals surface area contributed by atoms with Gasteiger partial charge in [0.25, 0.3) is 0 Å². The van der Waals surface area contributed by atoms with Crippen LogP contribution < -0.4 is 0 Å². The Balaban J connectivity index is 2.45. The maximum absolute atomic E-state index is 12.9. The fourth-order valence-electron chi connectivity index (χ4n) is 1.69. The summed E-state index contributed by atoms with van der Waals surface area (Å²) in [5.74, 6) is -1.93. The molecule has 0 atom stereocenters. The predicted octanol–water partition coefficient (Wildman–Crippen LogP) is 3.08. The molecule has 2 aromatic rings. The summed E-state index contributed by atoms with van der Waals surface area (Å²) in [5.41, 5.74) is 0.192. The molecule has 0 amide bonds. The molecule has 106 valence electrons. The van der Waals surface area contributed by atoms with E-state index in [4.69, 9.17) is 4.42 Å². The summed E-state index contributed by atoms with van der Waals surface area (Å²) in [6.07, 6.45) is -2.30. The standard InChI is InChI=1S/C13H10F3NO3/c1-19-11(18)7-9-6-10(8-2-4-17-5-3-8)20-12(9)13(14,15)16/h2-6H,7H2,1H3. The van der Waals surface area contributed by atoms with Crippen LogP contribution in [0.5, 0.6) is 0 Å². The highest BCUT2D eigenvalue weighted by atomic mass is 19.4. The molecule has 2 aromatic heterocycles. The zero-order valence-electron chi connectivity index (χ0n) is 10.4. The van der Waals surface area contributed by atoms with Gasteiger partial charge < -0.3 is 9.15 Å². The number of hydrogen-bond donors (Lipinski definition) is 0. The summed E-state index contributed by atoms with van der Waals surface area (Å²) in [6, 6.07) is 4.22. The van der Waals surface area contributed by atoms with E-state index in [2.05, 4.69) is 9.72 Å². The fourth-order valence-corrected chi connectivity index (χ4v) is 1.69. The molecule has 0 N–H and O–H groups in total. The van der Waals surface area contributed by atoms with Crippen molar-refractivity contribution >= 4 is 5.97 Å². The molecule has 7 heteroatoms. The first kappa shape index (κ1) is 14.1. The van der Waals surface area contributed by atoms with Crippen LogP contribution in [-0.4, -0.2) is 18.1 Å². The van der Waals surface area contributed by atoms with Crippen molar-refractivity contribution in [1.82, 2.24) is 4.98 Å². The number of hydrogen-bond acceptors (Lipinski definition) is 4. The number of pyridine rings is 1. The minimum Gasteiger partial charge on any atom is -0.469 e. The highest BCUT2D eigenvalue weighted by Gasteiger charge is 2.39. The third-order valence-corrected chi connectivity index (χ3v) is 2.59. The number of esters is 1. The Morgan fingerprint density at radius 3 is 2.55 bits per heavy atom. The second kappa shape index (κ2) is 5.36. The van der Waals surface area contributed by atoms with Crippen LogP contribution in [0.15, 0.2) is 35.0 Å². The lowest BCUT2D eigenvalue weighted by Crippen LogP contribution is -2.11. The van der Waals surface area contributed by atoms with Crippen molar-refractivity contribution in [1.29, 1.82) is 0 Å². The van der Waals surface area contributed by atoms with Crippen LogP contribution in [0.4, 0.5) is 13.2 Å². The minimum atomic E-state index is -4.67. The zero-order valence-corrected chi connectivity index (χ0v) is 10.4. The van der Waals surface area contributed by atoms with Crippen molar-refractivity contribution in [2.45, 2.75) is 12.6 Å². The maximum Gasteiger partial charge on any atom is 0.449 e. The third-order valence-electron chi connectivity index (χ3n) is 2.59. The number of ether oxygens (including phenoxy) is 1. The number of methoxy groups -OCH3 is 1. The molecule has 0 aliphatic carbocycles. The van der Waals surface area contributed by atoms with Gasteiger partial charge in [0.1, 0.15) is 5.76 Å². The predicted molar refractivity (Wildman–Crippen MR) is 62.7 cm³/mol. The van der Waals surface area contributed by atoms with E-state index in [1.807, 2.05) is 0 Å². The normalized spacial score (nSPS) is 11.4. The van der Waals surface area contributed by atoms with Gasteiger partial charge in [0, 0.05) is 23.5 Å². The number of halogens is 3. The quantitative estimate of drug-likeness (QED) is 0.813. The molecule has 0 bridgehead atoms. The molecular weight excluding hydrogens is 275 g/mol. The van der Waals surface area contributed by atoms with Crippen LogP contribution >= 0.6 is 0 Å². The monoisotopic (exact) mass is 285 g/mol. The van der Waals surface area contributed by atoms with Gasteiger partial charge in [-0.15, -0.1) is 0 Å². The Hall–Kier alpha value is -2.31. The number of carbonyl (C=O) groups is 1. The molecule has 0 spiro atoms. The molecule has 4 nitrogen and oxygen atoms in total. The Labute approximate surface area is 112 Å². The summed E-state index contributed by atoms with van der Waals surface area (Å²) in [4.78, 5) is 14.9. The number of alkyl halides is 3. The fraction of sp³-hybridized carbons (Fsp3) is 0.231. The average molecular weight is 285 g/mol. The van der Waals surface area contributed by atoms with E-state index in [-0.39, 0.29) is 11.3 Å². The largest absolute Gasteiger partial charge is 0.469 e. The van der Waals surface area contributed by atoms with Crippen LogP contribution in [0.1, 0.15) is 11.3 Å². The van der Waals surface area contributed by atoms with Crippen molar-refractivity contribution in [3.63, 3.8) is 0 Å². The van der Waals surface area contributed by atoms with E-state index in [9.17, 15) is 18.0 Å². The number of furan rings is 1. The van der Waals surface area contributed by atoms with Crippen molar-refractivity contribution in [3.8, 4) is 11.3 Å². The SMILES string of the molecule is COC(=O)Cc1cc(-c2ccncc2)oc1C(F)(F)F. The van der Waals surface area contributed by atoms with E-state index >= 15 is 0 Å². The lowest BCUT2D eigenvalue weighted by Gasteiger charge is -2.05. The Morgan fingerprint density at radius 1 is 1.35 bits per heavy atom. The van der Waals surface area contributed by atoms with E-state index in [0.29, 0.717) is 5.56 Å². The lowest BCUT2D eigenvalue weighted by molar-refractivity contribution is -0.153. The van der Waals surface area contributed by atoms with Gasteiger partial charge in [-0.3, -0.25) is 9.78 Å². The van der Waals surface area contributed by atoms with Crippen LogP contribution in [0, 0.1) is 0 Å². The Bertz CT molecular complexity index is 605. The van der Waals surface area contributed by atoms with Crippen LogP contribution in [0.25, 0.3) is 11.3 Å². The zero-order chi connectivity index (χ0) is 14.8. The molecule has 0 unspecified atom stereocenters. The molecular formula is C13H10F3NO3. The second-order valence-electron chi connectivity index (χ2n) is 3.95. The number of carbonyl (C=O) groups excluding carboxylic acids is 1. The van der Waals surface area contributed by atoms with Crippen molar-refractivity contribution in [2.75, 3.05) is 7.11 Å². The van der Waals surface area contributed by atoms with Crippen LogP contribution in [-0.2, 0) is 22.1 Å². The van der Waals surface area contributed by atoms with E-state index in [0.717, 1.165) is 7.11 Å². The molecule has 0 saturated heterocycles. The summed E-state index contributed by atoms with van der Waals surface area (Å²) in [7, 11) is 1.11. The number of nitrogens with zero attached hydrogens (tertiary/aromatic N) is 1. The van der Waals surface area contributed by atoms with Gasteiger partial charge in [0.05, 0.1) is 13.5 Å². The van der Waals surface area contributed by atoms with Gasteiger partial charge in [0.15, 0.2) is 0 Å². The minimum absolute atomic E-state index is 0.0265. The smallest absolute Gasteiger partial charge is 0.449 e. The molecule has 2 heterocycles. The van der Waals surface area contributed by atoms with Crippen LogP contribution in [0.2, 0.25) is 0 Å². The number of rotatable bonds is 3. The van der Waals surface area contributed by atoms with Gasteiger partial charge in [-0.2, -0.15) is 13.2 Å². The van der Waals surface area contributed by atoms with Crippen molar-refractivity contribution in [2.24, 2.45) is 0 Å². The first-order chi connectivity index (χ1) is 9.41. The average Bonchev–Trinajstić information content (AvgIpc) is 2.83. The van der Waals surface area contributed by atoms with Crippen LogP contribution in [0.3, 0.4) is 0 Å². The van der Waals surface area contributed by atoms with Crippen molar-refractivity contribution in [3.05, 3.63) is 41.9 Å². The third kappa shape index (κ3) is 2.98. The molecule has 0 radical (unpaired) electrons. The topological polar surface area (TPSA) is 52.3 Å². The molecule has 0 aliphatic heterocycles. The van der Waals surface area contributed by atoms with Gasteiger partial charge in [-0.25, -0.2) is 0 Å². The molecule has 0 aliphatic rings. The van der Waals surface area contributed by atoms with Gasteiger partial charge in [-0.05, 0) is 18.2 Å². The molecule has 0 fully saturated rings. The molecule has 0 saturated carbocycles. The molecule has 2 rings (SSSR count). The van der Waals surface area contributed by atoms with E-state index in [1.165, 1.54) is 30.6 Å². The van der Waals surface area contributed by atoms with Crippen molar-refractivity contribution < 1.29 is 27.1 Å². The van der Waals surface area contributed by atoms with Gasteiger partial charge in [0.2, 0.25) is 5.76 Å². The van der Waals surface area contributed by atoms with E-state index < -0.39 is 24.3 Å². The number of aromatic nitrogens is 1. The van der Waals surface area contributed by atoms with E-state index in [1.54, 1.807) is 0 Å². The Morgan fingerprint density at radius 2 is 2.00 bits per heavy atom. The lowest BCUT2D eigenvalue weighted by atomic mass is 10.1. The van der Waals surface area contributed by atoms with Gasteiger partial charge >= 0.3 is 12.1 Å². The summed E-state index contributed by atoms with van der Waals surface area (Å²) in [5, 5.41) is 0. The molecule has 0 aromatic carbocycles. The summed E-state index contributed by atoms with van der Waals surface area (Å²) in [6.45, 7) is 0. The first-order valence-electron chi connectivity index (χ1n) is 5.59. The second-order valence-corrected chi connectivity index (χ2v) is 3.95. The molecule has 20 heavy (non-hydrogen) atoms. The maximum atomic E-state index is 12.9.